The van der Waals surface area contributed by atoms with Crippen LogP contribution in [0, 0.1) is 22.9 Å². The van der Waals surface area contributed by atoms with Crippen molar-refractivity contribution in [2.75, 3.05) is 0 Å². The molecule has 20 heavy (non-hydrogen) atoms. The van der Waals surface area contributed by atoms with E-state index in [0.717, 1.165) is 35.2 Å². The van der Waals surface area contributed by atoms with E-state index in [1.807, 2.05) is 0 Å². The van der Waals surface area contributed by atoms with Crippen molar-refractivity contribution in [2.24, 2.45) is 0 Å². The maximum Gasteiger partial charge on any atom is 0.347 e. The van der Waals surface area contributed by atoms with E-state index in [9.17, 15) is 19.3 Å². The summed E-state index contributed by atoms with van der Waals surface area (Å²) in [6.45, 7) is 1.54. The second kappa shape index (κ2) is 5.55. The molecule has 0 aliphatic heterocycles. The molecule has 1 N–H and O–H groups in total. The molecule has 1 heterocycles. The number of carboxylic acid groups (broad SMARTS) is 1. The van der Waals surface area contributed by atoms with Crippen LogP contribution in [-0.2, 0) is 0 Å². The van der Waals surface area contributed by atoms with Gasteiger partial charge in [-0.25, -0.2) is 14.2 Å². The first-order valence-corrected chi connectivity index (χ1v) is 6.84. The molecule has 0 bridgehead atoms. The molecule has 0 atom stereocenters. The summed E-state index contributed by atoms with van der Waals surface area (Å²) >= 11 is 1.86. The lowest BCUT2D eigenvalue weighted by molar-refractivity contribution is -0.387. The standard InChI is InChI=1S/C11H7FN2O4S2/c1-5-9(10(15)16)20-11(13-5)19-8-3-2-6(12)4-7(8)14(17)18/h2-4H,1H3,(H,15,16). The van der Waals surface area contributed by atoms with Gasteiger partial charge >= 0.3 is 5.97 Å². The van der Waals surface area contributed by atoms with Crippen LogP contribution in [0.3, 0.4) is 0 Å². The molecule has 0 saturated heterocycles. The highest BCUT2D eigenvalue weighted by Gasteiger charge is 2.20. The number of benzene rings is 1. The fourth-order valence-electron chi connectivity index (χ4n) is 1.43. The van der Waals surface area contributed by atoms with Gasteiger partial charge in [-0.05, 0) is 19.1 Å². The Labute approximate surface area is 120 Å². The quantitative estimate of drug-likeness (QED) is 0.687. The third kappa shape index (κ3) is 2.94. The van der Waals surface area contributed by atoms with Gasteiger partial charge in [-0.1, -0.05) is 11.8 Å². The van der Waals surface area contributed by atoms with Crippen LogP contribution < -0.4 is 0 Å². The number of aromatic carboxylic acids is 1. The van der Waals surface area contributed by atoms with Gasteiger partial charge < -0.3 is 5.11 Å². The van der Waals surface area contributed by atoms with E-state index in [-0.39, 0.29) is 15.5 Å². The SMILES string of the molecule is Cc1nc(Sc2ccc(F)cc2[N+](=O)[O-])sc1C(=O)O. The molecule has 6 nitrogen and oxygen atoms in total. The molecule has 0 amide bonds. The number of hydrogen-bond donors (Lipinski definition) is 1. The third-order valence-corrected chi connectivity index (χ3v) is 4.56. The van der Waals surface area contributed by atoms with Gasteiger partial charge in [-0.3, -0.25) is 10.1 Å². The minimum absolute atomic E-state index is 0.0808. The Morgan fingerprint density at radius 1 is 1.55 bits per heavy atom. The maximum atomic E-state index is 13.0. The minimum atomic E-state index is -1.10. The van der Waals surface area contributed by atoms with Crippen LogP contribution in [0.2, 0.25) is 0 Å². The number of nitro groups is 1. The number of aryl methyl sites for hydroxylation is 1. The van der Waals surface area contributed by atoms with Crippen LogP contribution in [0.15, 0.2) is 27.4 Å². The topological polar surface area (TPSA) is 93.3 Å². The molecule has 0 fully saturated rings. The van der Waals surface area contributed by atoms with Crippen LogP contribution in [0.4, 0.5) is 10.1 Å². The molecule has 0 unspecified atom stereocenters. The Bertz CT molecular complexity index is 702. The van der Waals surface area contributed by atoms with E-state index >= 15 is 0 Å². The number of carbonyl (C=O) groups is 1. The van der Waals surface area contributed by atoms with Crippen molar-refractivity contribution in [1.82, 2.24) is 4.98 Å². The molecule has 9 heteroatoms. The Morgan fingerprint density at radius 3 is 2.80 bits per heavy atom. The first-order chi connectivity index (χ1) is 9.38. The molecule has 1 aromatic carbocycles. The highest BCUT2D eigenvalue weighted by atomic mass is 32.2. The molecule has 0 aliphatic rings. The van der Waals surface area contributed by atoms with Gasteiger partial charge in [-0.15, -0.1) is 11.3 Å². The zero-order chi connectivity index (χ0) is 14.9. The normalized spacial score (nSPS) is 10.5. The lowest BCUT2D eigenvalue weighted by atomic mass is 10.3. The molecular formula is C11H7FN2O4S2. The van der Waals surface area contributed by atoms with Gasteiger partial charge in [0.1, 0.15) is 10.7 Å². The van der Waals surface area contributed by atoms with Crippen LogP contribution in [-0.4, -0.2) is 21.0 Å². The summed E-state index contributed by atoms with van der Waals surface area (Å²) in [6.07, 6.45) is 0. The van der Waals surface area contributed by atoms with Crippen molar-refractivity contribution in [3.63, 3.8) is 0 Å². The highest BCUT2D eigenvalue weighted by Crippen LogP contribution is 2.37. The van der Waals surface area contributed by atoms with Crippen LogP contribution in [0.1, 0.15) is 15.4 Å². The molecule has 0 spiro atoms. The van der Waals surface area contributed by atoms with Crippen molar-refractivity contribution < 1.29 is 19.2 Å². The van der Waals surface area contributed by atoms with Gasteiger partial charge in [0.25, 0.3) is 5.69 Å². The number of halogens is 1. The summed E-state index contributed by atoms with van der Waals surface area (Å²) in [7, 11) is 0. The number of nitro benzene ring substituents is 1. The van der Waals surface area contributed by atoms with Gasteiger partial charge in [-0.2, -0.15) is 0 Å². The highest BCUT2D eigenvalue weighted by molar-refractivity contribution is 8.01. The number of rotatable bonds is 4. The average molecular weight is 314 g/mol. The number of carboxylic acids is 1. The Hall–Kier alpha value is -2.00. The van der Waals surface area contributed by atoms with E-state index in [1.54, 1.807) is 6.92 Å². The fourth-order valence-corrected chi connectivity index (χ4v) is 3.50. The van der Waals surface area contributed by atoms with E-state index in [1.165, 1.54) is 6.07 Å². The molecule has 0 aliphatic carbocycles. The van der Waals surface area contributed by atoms with Gasteiger partial charge in [0.2, 0.25) is 0 Å². The van der Waals surface area contributed by atoms with Gasteiger partial charge in [0.15, 0.2) is 4.34 Å². The summed E-state index contributed by atoms with van der Waals surface area (Å²) in [5.41, 5.74) is -0.0329. The fraction of sp³-hybridized carbons (Fsp3) is 0.0909. The van der Waals surface area contributed by atoms with Crippen molar-refractivity contribution in [3.05, 3.63) is 44.7 Å². The van der Waals surface area contributed by atoms with E-state index in [2.05, 4.69) is 4.98 Å². The first-order valence-electron chi connectivity index (χ1n) is 5.21. The summed E-state index contributed by atoms with van der Waals surface area (Å²) < 4.78 is 13.4. The Morgan fingerprint density at radius 2 is 2.25 bits per heavy atom. The summed E-state index contributed by atoms with van der Waals surface area (Å²) in [6, 6.07) is 3.20. The minimum Gasteiger partial charge on any atom is -0.477 e. The first kappa shape index (κ1) is 14.4. The van der Waals surface area contributed by atoms with Gasteiger partial charge in [0.05, 0.1) is 21.6 Å². The third-order valence-electron chi connectivity index (χ3n) is 2.29. The lowest BCUT2D eigenvalue weighted by Gasteiger charge is -1.99. The maximum absolute atomic E-state index is 13.0. The molecule has 2 rings (SSSR count). The number of hydrogen-bond acceptors (Lipinski definition) is 6. The summed E-state index contributed by atoms with van der Waals surface area (Å²) in [5.74, 6) is -1.80. The van der Waals surface area contributed by atoms with Gasteiger partial charge in [0, 0.05) is 0 Å². The zero-order valence-electron chi connectivity index (χ0n) is 9.99. The molecule has 104 valence electrons. The zero-order valence-corrected chi connectivity index (χ0v) is 11.6. The largest absolute Gasteiger partial charge is 0.477 e. The predicted molar refractivity (Wildman–Crippen MR) is 71.0 cm³/mol. The van der Waals surface area contributed by atoms with Crippen LogP contribution in [0.5, 0.6) is 0 Å². The number of nitrogens with zero attached hydrogens (tertiary/aromatic N) is 2. The van der Waals surface area contributed by atoms with Crippen LogP contribution in [0.25, 0.3) is 0 Å². The number of aromatic nitrogens is 1. The molecule has 0 saturated carbocycles. The van der Waals surface area contributed by atoms with Crippen LogP contribution >= 0.6 is 23.1 Å². The van der Waals surface area contributed by atoms with Crippen molar-refractivity contribution in [1.29, 1.82) is 0 Å². The van der Waals surface area contributed by atoms with E-state index < -0.39 is 16.7 Å². The lowest BCUT2D eigenvalue weighted by Crippen LogP contribution is -1.94. The average Bonchev–Trinajstić information content (AvgIpc) is 2.72. The second-order valence-electron chi connectivity index (χ2n) is 3.67. The smallest absolute Gasteiger partial charge is 0.347 e. The summed E-state index contributed by atoms with van der Waals surface area (Å²) in [5, 5.41) is 19.8. The van der Waals surface area contributed by atoms with Crippen molar-refractivity contribution in [3.8, 4) is 0 Å². The number of thiazole rings is 1. The molecular weight excluding hydrogens is 307 g/mol. The van der Waals surface area contributed by atoms with E-state index in [0.29, 0.717) is 10.0 Å². The molecule has 0 radical (unpaired) electrons. The molecule has 2 aromatic rings. The van der Waals surface area contributed by atoms with Crippen molar-refractivity contribution >= 4 is 34.8 Å². The van der Waals surface area contributed by atoms with Crippen molar-refractivity contribution in [2.45, 2.75) is 16.2 Å². The molecule has 1 aromatic heterocycles. The predicted octanol–water partition coefficient (Wildman–Crippen LogP) is 3.35. The Balaban J connectivity index is 2.37. The van der Waals surface area contributed by atoms with E-state index in [4.69, 9.17) is 5.11 Å². The second-order valence-corrected chi connectivity index (χ2v) is 5.96. The summed E-state index contributed by atoms with van der Waals surface area (Å²) in [4.78, 5) is 25.4. The monoisotopic (exact) mass is 314 g/mol. The Kier molecular flexibility index (Phi) is 4.00.